The topological polar surface area (TPSA) is 128 Å². The number of amides is 3. The van der Waals surface area contributed by atoms with E-state index < -0.39 is 11.9 Å². The molecule has 0 radical (unpaired) electrons. The average Bonchev–Trinajstić information content (AvgIpc) is 2.82. The molecule has 0 saturated carbocycles. The Hall–Kier alpha value is -1.94. The van der Waals surface area contributed by atoms with Gasteiger partial charge in [0.15, 0.2) is 0 Å². The molecule has 0 aliphatic heterocycles. The second-order valence-corrected chi connectivity index (χ2v) is 4.25. The quantitative estimate of drug-likeness (QED) is 0.421. The van der Waals surface area contributed by atoms with Gasteiger partial charge in [0.25, 0.3) is 0 Å². The lowest BCUT2D eigenvalue weighted by Crippen LogP contribution is -2.40. The molecule has 0 atom stereocenters. The van der Waals surface area contributed by atoms with Crippen LogP contribution in [0.2, 0.25) is 0 Å². The van der Waals surface area contributed by atoms with Crippen LogP contribution in [0, 0.1) is 0 Å². The Morgan fingerprint density at radius 1 is 1.53 bits per heavy atom. The molecule has 9 nitrogen and oxygen atoms in total. The van der Waals surface area contributed by atoms with Gasteiger partial charge in [-0.3, -0.25) is 10.1 Å². The first-order chi connectivity index (χ1) is 9.17. The summed E-state index contributed by atoms with van der Waals surface area (Å²) in [5.74, 6) is -0.402. The minimum Gasteiger partial charge on any atom is -0.334 e. The maximum atomic E-state index is 11.5. The lowest BCUT2D eigenvalue weighted by Gasteiger charge is -2.04. The molecule has 0 saturated heterocycles. The summed E-state index contributed by atoms with van der Waals surface area (Å²) in [7, 11) is 0. The van der Waals surface area contributed by atoms with Crippen LogP contribution in [-0.2, 0) is 11.3 Å². The SMILES string of the molecule is C=CCNC(=O)NC(=O)CSc1nnnn1CCN. The number of hydrogen-bond acceptors (Lipinski definition) is 7. The van der Waals surface area contributed by atoms with Gasteiger partial charge >= 0.3 is 6.03 Å². The second-order valence-electron chi connectivity index (χ2n) is 3.31. The van der Waals surface area contributed by atoms with Gasteiger partial charge in [0, 0.05) is 13.1 Å². The van der Waals surface area contributed by atoms with Crippen LogP contribution >= 0.6 is 11.8 Å². The number of nitrogens with two attached hydrogens (primary N) is 1. The number of hydrogen-bond donors (Lipinski definition) is 3. The molecule has 0 bridgehead atoms. The van der Waals surface area contributed by atoms with Gasteiger partial charge in [0.05, 0.1) is 12.3 Å². The van der Waals surface area contributed by atoms with E-state index in [2.05, 4.69) is 32.7 Å². The van der Waals surface area contributed by atoms with E-state index in [1.807, 2.05) is 0 Å². The highest BCUT2D eigenvalue weighted by Gasteiger charge is 2.11. The number of thioether (sulfide) groups is 1. The highest BCUT2D eigenvalue weighted by atomic mass is 32.2. The van der Waals surface area contributed by atoms with E-state index in [9.17, 15) is 9.59 Å². The van der Waals surface area contributed by atoms with E-state index in [-0.39, 0.29) is 5.75 Å². The molecule has 1 aromatic heterocycles. The predicted molar refractivity (Wildman–Crippen MR) is 69.3 cm³/mol. The van der Waals surface area contributed by atoms with Crippen molar-refractivity contribution in [3.05, 3.63) is 12.7 Å². The maximum Gasteiger partial charge on any atom is 0.321 e. The summed E-state index contributed by atoms with van der Waals surface area (Å²) >= 11 is 1.13. The van der Waals surface area contributed by atoms with Gasteiger partial charge in [0.2, 0.25) is 11.1 Å². The van der Waals surface area contributed by atoms with Crippen LogP contribution in [0.3, 0.4) is 0 Å². The van der Waals surface area contributed by atoms with Crippen LogP contribution in [0.25, 0.3) is 0 Å². The Labute approximate surface area is 114 Å². The fourth-order valence-electron chi connectivity index (χ4n) is 1.06. The third-order valence-electron chi connectivity index (χ3n) is 1.83. The molecule has 104 valence electrons. The molecule has 0 fully saturated rings. The first kappa shape index (κ1) is 15.1. The normalized spacial score (nSPS) is 9.95. The maximum absolute atomic E-state index is 11.5. The smallest absolute Gasteiger partial charge is 0.321 e. The van der Waals surface area contributed by atoms with Crippen LogP contribution in [0.15, 0.2) is 17.8 Å². The minimum atomic E-state index is -0.563. The van der Waals surface area contributed by atoms with Crippen LogP contribution in [0.4, 0.5) is 4.79 Å². The van der Waals surface area contributed by atoms with Gasteiger partial charge < -0.3 is 11.1 Å². The summed E-state index contributed by atoms with van der Waals surface area (Å²) in [6, 6.07) is -0.563. The van der Waals surface area contributed by atoms with Crippen LogP contribution < -0.4 is 16.4 Å². The van der Waals surface area contributed by atoms with Crippen molar-refractivity contribution in [1.82, 2.24) is 30.8 Å². The zero-order valence-corrected chi connectivity index (χ0v) is 11.0. The van der Waals surface area contributed by atoms with Crippen molar-refractivity contribution in [2.45, 2.75) is 11.7 Å². The standard InChI is InChI=1S/C9H15N7O2S/c1-2-4-11-8(18)12-7(17)6-19-9-13-14-15-16(9)5-3-10/h2H,1,3-6,10H2,(H2,11,12,17,18). The van der Waals surface area contributed by atoms with Crippen molar-refractivity contribution in [2.75, 3.05) is 18.8 Å². The van der Waals surface area contributed by atoms with E-state index in [0.717, 1.165) is 11.8 Å². The van der Waals surface area contributed by atoms with Gasteiger partial charge in [-0.05, 0) is 10.4 Å². The Kier molecular flexibility index (Phi) is 6.53. The summed E-state index contributed by atoms with van der Waals surface area (Å²) in [5.41, 5.74) is 5.39. The first-order valence-electron chi connectivity index (χ1n) is 5.45. The summed E-state index contributed by atoms with van der Waals surface area (Å²) < 4.78 is 1.50. The van der Waals surface area contributed by atoms with Gasteiger partial charge in [-0.15, -0.1) is 11.7 Å². The Balaban J connectivity index is 2.35. The molecule has 1 rings (SSSR count). The van der Waals surface area contributed by atoms with Crippen molar-refractivity contribution >= 4 is 23.7 Å². The van der Waals surface area contributed by atoms with Gasteiger partial charge in [0.1, 0.15) is 0 Å². The predicted octanol–water partition coefficient (Wildman–Crippen LogP) is -1.26. The monoisotopic (exact) mass is 285 g/mol. The molecule has 1 heterocycles. The molecule has 10 heteroatoms. The molecular formula is C9H15N7O2S. The summed E-state index contributed by atoms with van der Waals surface area (Å²) in [5, 5.41) is 16.0. The van der Waals surface area contributed by atoms with Crippen molar-refractivity contribution in [2.24, 2.45) is 5.73 Å². The fourth-order valence-corrected chi connectivity index (χ4v) is 1.77. The van der Waals surface area contributed by atoms with Crippen molar-refractivity contribution in [3.8, 4) is 0 Å². The zero-order chi connectivity index (χ0) is 14.1. The molecule has 3 amide bonds. The number of rotatable bonds is 7. The summed E-state index contributed by atoms with van der Waals surface area (Å²) in [6.45, 7) is 4.60. The lowest BCUT2D eigenvalue weighted by atomic mass is 10.6. The third-order valence-corrected chi connectivity index (χ3v) is 2.79. The summed E-state index contributed by atoms with van der Waals surface area (Å²) in [6.07, 6.45) is 1.51. The van der Waals surface area contributed by atoms with E-state index >= 15 is 0 Å². The number of imide groups is 1. The van der Waals surface area contributed by atoms with Crippen molar-refractivity contribution < 1.29 is 9.59 Å². The molecular weight excluding hydrogens is 270 g/mol. The number of carbonyl (C=O) groups is 2. The molecule has 1 aromatic rings. The first-order valence-corrected chi connectivity index (χ1v) is 6.43. The van der Waals surface area contributed by atoms with Gasteiger partial charge in [-0.1, -0.05) is 17.8 Å². The van der Waals surface area contributed by atoms with E-state index in [4.69, 9.17) is 5.73 Å². The number of nitrogens with one attached hydrogen (secondary N) is 2. The lowest BCUT2D eigenvalue weighted by molar-refractivity contribution is -0.117. The third kappa shape index (κ3) is 5.48. The number of nitrogens with zero attached hydrogens (tertiary/aromatic N) is 4. The highest BCUT2D eigenvalue weighted by molar-refractivity contribution is 7.99. The molecule has 0 unspecified atom stereocenters. The Morgan fingerprint density at radius 2 is 2.32 bits per heavy atom. The Morgan fingerprint density at radius 3 is 3.00 bits per heavy atom. The largest absolute Gasteiger partial charge is 0.334 e. The molecule has 0 spiro atoms. The van der Waals surface area contributed by atoms with Crippen molar-refractivity contribution in [3.63, 3.8) is 0 Å². The number of urea groups is 1. The molecule has 0 aliphatic rings. The fraction of sp³-hybridized carbons (Fsp3) is 0.444. The molecule has 19 heavy (non-hydrogen) atoms. The average molecular weight is 285 g/mol. The zero-order valence-electron chi connectivity index (χ0n) is 10.2. The number of tetrazole rings is 1. The van der Waals surface area contributed by atoms with Crippen LogP contribution in [0.5, 0.6) is 0 Å². The molecule has 0 aliphatic carbocycles. The minimum absolute atomic E-state index is 0.0342. The van der Waals surface area contributed by atoms with E-state index in [0.29, 0.717) is 24.8 Å². The summed E-state index contributed by atoms with van der Waals surface area (Å²) in [4.78, 5) is 22.6. The molecule has 0 aromatic carbocycles. The van der Waals surface area contributed by atoms with Crippen LogP contribution in [0.1, 0.15) is 0 Å². The second kappa shape index (κ2) is 8.21. The van der Waals surface area contributed by atoms with E-state index in [1.165, 1.54) is 10.8 Å². The van der Waals surface area contributed by atoms with Crippen molar-refractivity contribution in [1.29, 1.82) is 0 Å². The van der Waals surface area contributed by atoms with E-state index in [1.54, 1.807) is 0 Å². The molecule has 4 N–H and O–H groups in total. The van der Waals surface area contributed by atoms with Gasteiger partial charge in [-0.25, -0.2) is 9.48 Å². The van der Waals surface area contributed by atoms with Crippen LogP contribution in [-0.4, -0.2) is 51.0 Å². The highest BCUT2D eigenvalue weighted by Crippen LogP contribution is 2.12. The Bertz CT molecular complexity index is 448. The van der Waals surface area contributed by atoms with Gasteiger partial charge in [-0.2, -0.15) is 0 Å². The number of aromatic nitrogens is 4. The number of carbonyl (C=O) groups excluding carboxylic acids is 2.